The first-order valence-electron chi connectivity index (χ1n) is 5.98. The largest absolute Gasteiger partial charge is 0.613 e. The lowest BCUT2D eigenvalue weighted by molar-refractivity contribution is 0.239. The van der Waals surface area contributed by atoms with Gasteiger partial charge in [-0.1, -0.05) is 0 Å². The minimum atomic E-state index is -4.33. The molecule has 6 nitrogen and oxygen atoms in total. The van der Waals surface area contributed by atoms with Gasteiger partial charge in [-0.05, 0) is 54.1 Å². The van der Waals surface area contributed by atoms with E-state index in [1.807, 2.05) is 20.3 Å². The third kappa shape index (κ3) is 3.69. The van der Waals surface area contributed by atoms with Gasteiger partial charge in [0.2, 0.25) is 0 Å². The normalized spacial score (nSPS) is 12.3. The zero-order valence-electron chi connectivity index (χ0n) is 11.2. The quantitative estimate of drug-likeness (QED) is 0.610. The van der Waals surface area contributed by atoms with Crippen molar-refractivity contribution in [1.82, 2.24) is 9.88 Å². The zero-order chi connectivity index (χ0) is 14.9. The predicted molar refractivity (Wildman–Crippen MR) is 82.5 cm³/mol. The maximum Gasteiger partial charge on any atom is 0.613 e. The summed E-state index contributed by atoms with van der Waals surface area (Å²) < 4.78 is 5.74. The highest BCUT2D eigenvalue weighted by Crippen LogP contribution is 2.49. The lowest BCUT2D eigenvalue weighted by Crippen LogP contribution is -2.14. The second-order valence-corrected chi connectivity index (χ2v) is 6.83. The average molecular weight is 364 g/mol. The topological polar surface area (TPSA) is 89.0 Å². The fourth-order valence-electron chi connectivity index (χ4n) is 2.00. The van der Waals surface area contributed by atoms with E-state index in [-0.39, 0.29) is 5.75 Å². The van der Waals surface area contributed by atoms with E-state index in [0.717, 1.165) is 33.9 Å². The van der Waals surface area contributed by atoms with Gasteiger partial charge in [0.1, 0.15) is 0 Å². The molecule has 0 spiro atoms. The van der Waals surface area contributed by atoms with E-state index < -0.39 is 8.17 Å². The van der Waals surface area contributed by atoms with Crippen LogP contribution in [0.5, 0.6) is 5.75 Å². The van der Waals surface area contributed by atoms with Gasteiger partial charge in [-0.25, -0.2) is 0 Å². The number of aromatic amines is 1. The molecule has 0 saturated carbocycles. The van der Waals surface area contributed by atoms with E-state index in [2.05, 4.69) is 25.8 Å². The van der Waals surface area contributed by atoms with Crippen LogP contribution in [0.3, 0.4) is 0 Å². The molecule has 0 amide bonds. The van der Waals surface area contributed by atoms with Crippen LogP contribution in [-0.4, -0.2) is 45.2 Å². The molecule has 0 aliphatic carbocycles. The lowest BCUT2D eigenvalue weighted by Gasteiger charge is -2.10. The van der Waals surface area contributed by atoms with Crippen molar-refractivity contribution in [2.45, 2.75) is 6.42 Å². The van der Waals surface area contributed by atoms with Crippen molar-refractivity contribution in [1.29, 1.82) is 0 Å². The van der Waals surface area contributed by atoms with Crippen LogP contribution in [0.25, 0.3) is 10.9 Å². The molecule has 1 aromatic heterocycles. The first-order valence-corrected chi connectivity index (χ1v) is 8.34. The monoisotopic (exact) mass is 363 g/mol. The minimum absolute atomic E-state index is 0.249. The second kappa shape index (κ2) is 5.97. The van der Waals surface area contributed by atoms with E-state index >= 15 is 0 Å². The summed E-state index contributed by atoms with van der Waals surface area (Å²) in [5.74, 6) is 0.249. The van der Waals surface area contributed by atoms with Gasteiger partial charge in [0.25, 0.3) is 0 Å². The second-order valence-electron chi connectivity index (χ2n) is 4.77. The van der Waals surface area contributed by atoms with Crippen LogP contribution in [-0.2, 0) is 6.42 Å². The Hall–Kier alpha value is -0.690. The van der Waals surface area contributed by atoms with Gasteiger partial charge < -0.3 is 9.88 Å². The zero-order valence-corrected chi connectivity index (χ0v) is 13.6. The summed E-state index contributed by atoms with van der Waals surface area (Å²) in [6.45, 7) is 0.844. The Labute approximate surface area is 125 Å². The summed E-state index contributed by atoms with van der Waals surface area (Å²) in [4.78, 5) is 32.5. The highest BCUT2D eigenvalue weighted by molar-refractivity contribution is 9.10. The molecule has 1 aromatic carbocycles. The number of fused-ring (bicyclic) bond motifs is 1. The fourth-order valence-corrected chi connectivity index (χ4v) is 2.86. The van der Waals surface area contributed by atoms with Crippen LogP contribution in [0.2, 0.25) is 0 Å². The van der Waals surface area contributed by atoms with Crippen molar-refractivity contribution in [2.24, 2.45) is 0 Å². The molecule has 0 aliphatic heterocycles. The Morgan fingerprint density at radius 1 is 1.30 bits per heavy atom. The highest BCUT2D eigenvalue weighted by atomic mass is 79.9. The Kier molecular flexibility index (Phi) is 4.69. The number of H-pyrrole nitrogens is 1. The van der Waals surface area contributed by atoms with Gasteiger partial charge in [-0.2, -0.15) is 14.7 Å². The van der Waals surface area contributed by atoms with Crippen LogP contribution in [0, 0.1) is 0 Å². The number of nitrogens with one attached hydrogen (secondary N) is 1. The molecule has 0 bridgehead atoms. The summed E-state index contributed by atoms with van der Waals surface area (Å²) in [5.41, 5.74) is 1.78. The molecule has 2 rings (SSSR count). The molecule has 0 saturated heterocycles. The van der Waals surface area contributed by atoms with Crippen molar-refractivity contribution in [3.8, 4) is 5.75 Å². The molecule has 0 aliphatic rings. The van der Waals surface area contributed by atoms with Crippen LogP contribution in [0.15, 0.2) is 22.8 Å². The van der Waals surface area contributed by atoms with Crippen molar-refractivity contribution in [3.05, 3.63) is 28.4 Å². The average Bonchev–Trinajstić information content (AvgIpc) is 2.73. The number of hydrogen-bond donors (Lipinski definition) is 4. The molecule has 1 heterocycles. The minimum Gasteiger partial charge on any atom is -0.360 e. The smallest absolute Gasteiger partial charge is 0.360 e. The van der Waals surface area contributed by atoms with E-state index in [1.165, 1.54) is 0 Å². The maximum atomic E-state index is 9.12. The fraction of sp³-hybridized carbons (Fsp3) is 0.333. The third-order valence-corrected chi connectivity index (χ3v) is 3.98. The predicted octanol–water partition coefficient (Wildman–Crippen LogP) is 2.07. The van der Waals surface area contributed by atoms with Crippen LogP contribution in [0.1, 0.15) is 5.56 Å². The molecular weight excluding hydrogens is 347 g/mol. The number of rotatable bonds is 5. The Bertz CT molecular complexity index is 609. The summed E-state index contributed by atoms with van der Waals surface area (Å²) in [6, 6.07) is 3.32. The highest BCUT2D eigenvalue weighted by Gasteiger charge is 2.36. The Balaban J connectivity index is 2.46. The molecule has 0 radical (unpaired) electrons. The van der Waals surface area contributed by atoms with Crippen molar-refractivity contribution in [2.75, 3.05) is 20.6 Å². The molecule has 110 valence electrons. The van der Waals surface area contributed by atoms with Gasteiger partial charge >= 0.3 is 8.17 Å². The molecule has 20 heavy (non-hydrogen) atoms. The van der Waals surface area contributed by atoms with E-state index in [9.17, 15) is 0 Å². The summed E-state index contributed by atoms with van der Waals surface area (Å²) in [7, 11) is -0.370. The number of halogens is 1. The van der Waals surface area contributed by atoms with Crippen LogP contribution < -0.4 is 4.52 Å². The number of likely N-dealkylation sites (N-methyl/N-ethyl adjacent to an activating group) is 1. The van der Waals surface area contributed by atoms with Gasteiger partial charge in [0.15, 0.2) is 5.75 Å². The number of aromatic nitrogens is 1. The molecular formula is C12H17BrN2O4P+. The summed E-state index contributed by atoms with van der Waals surface area (Å²) in [5, 5.41) is 0.739. The van der Waals surface area contributed by atoms with Gasteiger partial charge in [0, 0.05) is 17.2 Å². The number of benzene rings is 1. The molecule has 2 aromatic rings. The van der Waals surface area contributed by atoms with E-state index in [0.29, 0.717) is 0 Å². The SMILES string of the molecule is CN(C)CCc1c[nH]c2c(Br)ccc(O[P+](O)(O)O)c12. The first-order chi connectivity index (χ1) is 9.28. The molecule has 8 heteroatoms. The van der Waals surface area contributed by atoms with Crippen molar-refractivity contribution >= 4 is 35.0 Å². The number of nitrogens with zero attached hydrogens (tertiary/aromatic N) is 1. The van der Waals surface area contributed by atoms with Gasteiger partial charge in [-0.3, -0.25) is 4.52 Å². The lowest BCUT2D eigenvalue weighted by atomic mass is 10.1. The van der Waals surface area contributed by atoms with Crippen LogP contribution >= 0.6 is 24.1 Å². The van der Waals surface area contributed by atoms with E-state index in [4.69, 9.17) is 19.2 Å². The Morgan fingerprint density at radius 2 is 2.00 bits per heavy atom. The molecule has 4 N–H and O–H groups in total. The molecule has 0 atom stereocenters. The Morgan fingerprint density at radius 3 is 2.60 bits per heavy atom. The standard InChI is InChI=1S/C12H17BrN2O4P/c1-15(2)6-5-8-7-14-12-9(13)3-4-10(11(8)12)19-20(16,17)18/h3-4,7,14,16-18H,5-6H2,1-2H3/q+1. The van der Waals surface area contributed by atoms with Crippen LogP contribution in [0.4, 0.5) is 0 Å². The molecule has 0 fully saturated rings. The van der Waals surface area contributed by atoms with E-state index in [1.54, 1.807) is 12.1 Å². The molecule has 0 unspecified atom stereocenters. The van der Waals surface area contributed by atoms with Gasteiger partial charge in [0.05, 0.1) is 10.9 Å². The van der Waals surface area contributed by atoms with Gasteiger partial charge in [-0.15, -0.1) is 0 Å². The summed E-state index contributed by atoms with van der Waals surface area (Å²) >= 11 is 3.43. The van der Waals surface area contributed by atoms with Crippen molar-refractivity contribution < 1.29 is 19.2 Å². The van der Waals surface area contributed by atoms with Crippen molar-refractivity contribution in [3.63, 3.8) is 0 Å². The first kappa shape index (κ1) is 15.7. The third-order valence-electron chi connectivity index (χ3n) is 2.88. The number of hydrogen-bond acceptors (Lipinski definition) is 5. The maximum absolute atomic E-state index is 9.12. The summed E-state index contributed by atoms with van der Waals surface area (Å²) in [6.07, 6.45) is 2.63.